The summed E-state index contributed by atoms with van der Waals surface area (Å²) in [5.41, 5.74) is 2.13. The van der Waals surface area contributed by atoms with E-state index in [4.69, 9.17) is 16.3 Å². The summed E-state index contributed by atoms with van der Waals surface area (Å²) in [6.07, 6.45) is 1.76. The second kappa shape index (κ2) is 16.3. The van der Waals surface area contributed by atoms with Crippen LogP contribution in [0.2, 0.25) is 5.02 Å². The van der Waals surface area contributed by atoms with E-state index in [9.17, 15) is 18.0 Å². The van der Waals surface area contributed by atoms with Crippen LogP contribution in [0, 0.1) is 5.92 Å². The number of rotatable bonds is 16. The van der Waals surface area contributed by atoms with Crippen LogP contribution < -0.4 is 14.4 Å². The largest absolute Gasteiger partial charge is 0.494 e. The minimum absolute atomic E-state index is 0.0379. The Morgan fingerprint density at radius 2 is 1.60 bits per heavy atom. The van der Waals surface area contributed by atoms with Crippen LogP contribution in [0.5, 0.6) is 5.75 Å². The van der Waals surface area contributed by atoms with Gasteiger partial charge in [0.2, 0.25) is 21.8 Å². The summed E-state index contributed by atoms with van der Waals surface area (Å²) in [7, 11) is -3.62. The summed E-state index contributed by atoms with van der Waals surface area (Å²) >= 11 is 6.49. The lowest BCUT2D eigenvalue weighted by Crippen LogP contribution is -2.51. The molecule has 0 saturated carbocycles. The number of carbonyl (C=O) groups is 2. The van der Waals surface area contributed by atoms with Crippen molar-refractivity contribution >= 4 is 39.1 Å². The molecule has 232 valence electrons. The lowest BCUT2D eigenvalue weighted by Gasteiger charge is -2.32. The number of hydrogen-bond acceptors (Lipinski definition) is 5. The summed E-state index contributed by atoms with van der Waals surface area (Å²) in [5, 5.41) is 3.50. The van der Waals surface area contributed by atoms with E-state index in [2.05, 4.69) is 5.32 Å². The highest BCUT2D eigenvalue weighted by atomic mass is 35.5. The van der Waals surface area contributed by atoms with Gasteiger partial charge in [0.05, 0.1) is 18.6 Å². The first kappa shape index (κ1) is 33.9. The van der Waals surface area contributed by atoms with Crippen molar-refractivity contribution in [3.63, 3.8) is 0 Å². The molecule has 1 N–H and O–H groups in total. The fourth-order valence-electron chi connectivity index (χ4n) is 4.67. The summed E-state index contributed by atoms with van der Waals surface area (Å²) in [5.74, 6) is 0.370. The van der Waals surface area contributed by atoms with Gasteiger partial charge in [-0.3, -0.25) is 13.9 Å². The van der Waals surface area contributed by atoms with Gasteiger partial charge in [0.25, 0.3) is 0 Å². The maximum Gasteiger partial charge on any atom is 0.243 e. The standard InChI is InChI=1S/C33H42ClN3O5S/c1-5-42-29-19-17-28(18-20-29)37(43(4,40)41)21-11-16-32(38)36(24-27-14-9-10-15-30(27)34)31(33(39)35-23-25(2)3)22-26-12-7-6-8-13-26/h6-10,12-15,17-20,25,31H,5,11,16,21-24H2,1-4H3,(H,35,39)/t31-/m0/s1. The van der Waals surface area contributed by atoms with E-state index in [-0.39, 0.29) is 43.7 Å². The fraction of sp³-hybridized carbons (Fsp3) is 0.394. The second-order valence-corrected chi connectivity index (χ2v) is 13.1. The van der Waals surface area contributed by atoms with Crippen molar-refractivity contribution in [2.75, 3.05) is 30.3 Å². The first-order chi connectivity index (χ1) is 20.5. The van der Waals surface area contributed by atoms with Crippen LogP contribution >= 0.6 is 11.6 Å². The number of amides is 2. The quantitative estimate of drug-likeness (QED) is 0.220. The molecule has 1 atom stereocenters. The molecule has 43 heavy (non-hydrogen) atoms. The molecule has 3 aromatic carbocycles. The molecule has 0 aliphatic rings. The van der Waals surface area contributed by atoms with Crippen LogP contribution in [-0.4, -0.2) is 57.1 Å². The van der Waals surface area contributed by atoms with E-state index in [1.54, 1.807) is 35.2 Å². The molecule has 0 fully saturated rings. The molecule has 10 heteroatoms. The van der Waals surface area contributed by atoms with Crippen LogP contribution in [0.3, 0.4) is 0 Å². The van der Waals surface area contributed by atoms with Crippen molar-refractivity contribution in [1.82, 2.24) is 10.2 Å². The molecule has 2 amide bonds. The molecular formula is C33H42ClN3O5S. The zero-order valence-electron chi connectivity index (χ0n) is 25.3. The maximum absolute atomic E-state index is 13.9. The average molecular weight is 628 g/mol. The van der Waals surface area contributed by atoms with Crippen molar-refractivity contribution in [2.45, 2.75) is 52.6 Å². The van der Waals surface area contributed by atoms with Crippen LogP contribution in [0.15, 0.2) is 78.9 Å². The molecule has 0 spiro atoms. The van der Waals surface area contributed by atoms with E-state index in [1.807, 2.05) is 69.3 Å². The molecule has 0 radical (unpaired) electrons. The smallest absolute Gasteiger partial charge is 0.243 e. The summed E-state index contributed by atoms with van der Waals surface area (Å²) in [4.78, 5) is 29.1. The number of carbonyl (C=O) groups excluding carboxylic acids is 2. The third-order valence-corrected chi connectivity index (χ3v) is 8.40. The van der Waals surface area contributed by atoms with E-state index < -0.39 is 16.1 Å². The molecule has 0 aromatic heterocycles. The number of nitrogens with zero attached hydrogens (tertiary/aromatic N) is 2. The molecule has 0 heterocycles. The average Bonchev–Trinajstić information content (AvgIpc) is 2.97. The van der Waals surface area contributed by atoms with Crippen molar-refractivity contribution in [1.29, 1.82) is 0 Å². The summed E-state index contributed by atoms with van der Waals surface area (Å²) < 4.78 is 32.1. The van der Waals surface area contributed by atoms with E-state index in [0.717, 1.165) is 17.4 Å². The Kier molecular flexibility index (Phi) is 12.9. The summed E-state index contributed by atoms with van der Waals surface area (Å²) in [6.45, 7) is 7.11. The van der Waals surface area contributed by atoms with Gasteiger partial charge < -0.3 is 15.0 Å². The molecule has 0 saturated heterocycles. The number of nitrogens with one attached hydrogen (secondary N) is 1. The Morgan fingerprint density at radius 1 is 0.953 bits per heavy atom. The lowest BCUT2D eigenvalue weighted by atomic mass is 10.0. The van der Waals surface area contributed by atoms with Crippen molar-refractivity contribution in [2.24, 2.45) is 5.92 Å². The van der Waals surface area contributed by atoms with Gasteiger partial charge >= 0.3 is 0 Å². The van der Waals surface area contributed by atoms with E-state index >= 15 is 0 Å². The van der Waals surface area contributed by atoms with E-state index in [1.165, 1.54) is 4.31 Å². The molecule has 3 aromatic rings. The fourth-order valence-corrected chi connectivity index (χ4v) is 5.83. The molecule has 3 rings (SSSR count). The van der Waals surface area contributed by atoms with Crippen molar-refractivity contribution < 1.29 is 22.7 Å². The van der Waals surface area contributed by atoms with Crippen molar-refractivity contribution in [3.05, 3.63) is 95.0 Å². The monoisotopic (exact) mass is 627 g/mol. The third-order valence-electron chi connectivity index (χ3n) is 6.84. The van der Waals surface area contributed by atoms with Crippen LogP contribution in [0.4, 0.5) is 5.69 Å². The minimum atomic E-state index is -3.62. The molecule has 0 aliphatic heterocycles. The van der Waals surface area contributed by atoms with Gasteiger partial charge in [-0.25, -0.2) is 8.42 Å². The van der Waals surface area contributed by atoms with Gasteiger partial charge in [-0.15, -0.1) is 0 Å². The first-order valence-corrected chi connectivity index (χ1v) is 16.8. The van der Waals surface area contributed by atoms with E-state index in [0.29, 0.717) is 36.0 Å². The SMILES string of the molecule is CCOc1ccc(N(CCCC(=O)N(Cc2ccccc2Cl)[C@@H](Cc2ccccc2)C(=O)NCC(C)C)S(C)(=O)=O)cc1. The normalized spacial score (nSPS) is 12.0. The topological polar surface area (TPSA) is 96.0 Å². The van der Waals surface area contributed by atoms with Gasteiger partial charge in [-0.05, 0) is 60.7 Å². The van der Waals surface area contributed by atoms with Gasteiger partial charge in [0.1, 0.15) is 11.8 Å². The van der Waals surface area contributed by atoms with Gasteiger partial charge in [0, 0.05) is 37.5 Å². The van der Waals surface area contributed by atoms with Crippen molar-refractivity contribution in [3.8, 4) is 5.75 Å². The number of sulfonamides is 1. The Hall–Kier alpha value is -3.56. The Labute approximate surface area is 261 Å². The number of anilines is 1. The van der Waals surface area contributed by atoms with Crippen LogP contribution in [0.1, 0.15) is 44.7 Å². The second-order valence-electron chi connectivity index (χ2n) is 10.8. The lowest BCUT2D eigenvalue weighted by molar-refractivity contribution is -0.141. The number of hydrogen-bond donors (Lipinski definition) is 1. The highest BCUT2D eigenvalue weighted by molar-refractivity contribution is 7.92. The maximum atomic E-state index is 13.9. The molecule has 0 aliphatic carbocycles. The highest BCUT2D eigenvalue weighted by Gasteiger charge is 2.31. The third kappa shape index (κ3) is 10.6. The van der Waals surface area contributed by atoms with Crippen LogP contribution in [0.25, 0.3) is 0 Å². The van der Waals surface area contributed by atoms with Gasteiger partial charge in [-0.1, -0.05) is 74.0 Å². The van der Waals surface area contributed by atoms with Gasteiger partial charge in [-0.2, -0.15) is 0 Å². The zero-order valence-corrected chi connectivity index (χ0v) is 26.9. The number of ether oxygens (including phenoxy) is 1. The summed E-state index contributed by atoms with van der Waals surface area (Å²) in [6, 6.07) is 22.8. The zero-order chi connectivity index (χ0) is 31.4. The molecular weight excluding hydrogens is 586 g/mol. The molecule has 0 bridgehead atoms. The number of benzene rings is 3. The predicted molar refractivity (Wildman–Crippen MR) is 173 cm³/mol. The minimum Gasteiger partial charge on any atom is -0.494 e. The number of halogens is 1. The highest BCUT2D eigenvalue weighted by Crippen LogP contribution is 2.24. The predicted octanol–water partition coefficient (Wildman–Crippen LogP) is 5.70. The molecule has 0 unspecified atom stereocenters. The Morgan fingerprint density at radius 3 is 2.21 bits per heavy atom. The Balaban J connectivity index is 1.87. The molecule has 8 nitrogen and oxygen atoms in total. The van der Waals surface area contributed by atoms with Crippen LogP contribution in [-0.2, 0) is 32.6 Å². The first-order valence-electron chi connectivity index (χ1n) is 14.5. The van der Waals surface area contributed by atoms with Gasteiger partial charge in [0.15, 0.2) is 0 Å². The Bertz CT molecular complexity index is 1430.